The van der Waals surface area contributed by atoms with Crippen molar-refractivity contribution >= 4 is 23.7 Å². The van der Waals surface area contributed by atoms with Gasteiger partial charge in [0, 0.05) is 11.8 Å². The molecule has 0 unspecified atom stereocenters. The number of carboxylic acid groups (broad SMARTS) is 1. The van der Waals surface area contributed by atoms with Crippen LogP contribution in [0.1, 0.15) is 35.8 Å². The molecular formula is C13H15FN4O2S. The maximum absolute atomic E-state index is 13.6. The van der Waals surface area contributed by atoms with Gasteiger partial charge in [0.1, 0.15) is 5.82 Å². The van der Waals surface area contributed by atoms with E-state index in [-0.39, 0.29) is 11.6 Å². The summed E-state index contributed by atoms with van der Waals surface area (Å²) in [6.45, 7) is 3.93. The second-order valence-corrected chi connectivity index (χ2v) is 5.66. The molecule has 0 fully saturated rings. The van der Waals surface area contributed by atoms with Gasteiger partial charge in [-0.05, 0) is 31.5 Å². The number of nitrogen functional groups attached to an aromatic ring is 1. The number of aromatic nitrogens is 3. The Bertz CT molecular complexity index is 672. The highest BCUT2D eigenvalue weighted by Crippen LogP contribution is 2.26. The second-order valence-electron chi connectivity index (χ2n) is 4.71. The molecule has 3 N–H and O–H groups in total. The Hall–Kier alpha value is -2.09. The summed E-state index contributed by atoms with van der Waals surface area (Å²) in [4.78, 5) is 10.8. The Morgan fingerprint density at radius 1 is 1.48 bits per heavy atom. The fourth-order valence-corrected chi connectivity index (χ4v) is 2.86. The molecule has 0 spiro atoms. The normalized spacial score (nSPS) is 11.0. The molecule has 2 aromatic rings. The van der Waals surface area contributed by atoms with Crippen molar-refractivity contribution < 1.29 is 14.3 Å². The smallest absolute Gasteiger partial charge is 0.338 e. The quantitative estimate of drug-likeness (QED) is 0.824. The highest BCUT2D eigenvalue weighted by atomic mass is 32.2. The first kappa shape index (κ1) is 15.3. The Balaban J connectivity index is 2.14. The first-order chi connectivity index (χ1) is 9.90. The van der Waals surface area contributed by atoms with E-state index in [1.165, 1.54) is 23.9 Å². The third kappa shape index (κ3) is 3.33. The van der Waals surface area contributed by atoms with E-state index in [1.807, 2.05) is 13.8 Å². The second kappa shape index (κ2) is 6.13. The SMILES string of the molecule is CC(C)n1c(N)nnc1SCc1ccc(C(=O)O)c(F)c1. The van der Waals surface area contributed by atoms with Crippen molar-refractivity contribution in [3.05, 3.63) is 35.1 Å². The number of hydrogen-bond donors (Lipinski definition) is 2. The monoisotopic (exact) mass is 310 g/mol. The maximum Gasteiger partial charge on any atom is 0.338 e. The fourth-order valence-electron chi connectivity index (χ4n) is 1.84. The molecule has 0 atom stereocenters. The summed E-state index contributed by atoms with van der Waals surface area (Å²) >= 11 is 1.37. The molecule has 0 radical (unpaired) electrons. The van der Waals surface area contributed by atoms with E-state index in [2.05, 4.69) is 10.2 Å². The van der Waals surface area contributed by atoms with E-state index >= 15 is 0 Å². The highest BCUT2D eigenvalue weighted by molar-refractivity contribution is 7.98. The largest absolute Gasteiger partial charge is 0.478 e. The van der Waals surface area contributed by atoms with E-state index < -0.39 is 11.8 Å². The Kier molecular flexibility index (Phi) is 4.46. The zero-order valence-electron chi connectivity index (χ0n) is 11.6. The summed E-state index contributed by atoms with van der Waals surface area (Å²) in [6.07, 6.45) is 0. The molecule has 0 aliphatic rings. The predicted octanol–water partition coefficient (Wildman–Crippen LogP) is 2.57. The van der Waals surface area contributed by atoms with E-state index in [4.69, 9.17) is 10.8 Å². The molecule has 0 aliphatic carbocycles. The molecule has 2 rings (SSSR count). The first-order valence-corrected chi connectivity index (χ1v) is 7.23. The molecule has 21 heavy (non-hydrogen) atoms. The van der Waals surface area contributed by atoms with Crippen molar-refractivity contribution in [3.8, 4) is 0 Å². The molecule has 112 valence electrons. The average molecular weight is 310 g/mol. The van der Waals surface area contributed by atoms with Crippen LogP contribution in [-0.4, -0.2) is 25.8 Å². The van der Waals surface area contributed by atoms with Gasteiger partial charge in [0.05, 0.1) is 5.56 Å². The van der Waals surface area contributed by atoms with Crippen LogP contribution in [0.5, 0.6) is 0 Å². The number of aromatic carboxylic acids is 1. The van der Waals surface area contributed by atoms with Gasteiger partial charge in [-0.15, -0.1) is 10.2 Å². The summed E-state index contributed by atoms with van der Waals surface area (Å²) in [5.74, 6) is -1.24. The van der Waals surface area contributed by atoms with E-state index in [1.54, 1.807) is 10.6 Å². The van der Waals surface area contributed by atoms with Crippen molar-refractivity contribution in [1.29, 1.82) is 0 Å². The van der Waals surface area contributed by atoms with Gasteiger partial charge in [-0.2, -0.15) is 0 Å². The van der Waals surface area contributed by atoms with Crippen LogP contribution in [0.25, 0.3) is 0 Å². The number of rotatable bonds is 5. The maximum atomic E-state index is 13.6. The van der Waals surface area contributed by atoms with Crippen LogP contribution >= 0.6 is 11.8 Å². The summed E-state index contributed by atoms with van der Waals surface area (Å²) in [6, 6.07) is 4.18. The Morgan fingerprint density at radius 3 is 2.76 bits per heavy atom. The number of carbonyl (C=O) groups is 1. The number of thioether (sulfide) groups is 1. The predicted molar refractivity (Wildman–Crippen MR) is 77.7 cm³/mol. The van der Waals surface area contributed by atoms with Crippen LogP contribution in [0, 0.1) is 5.82 Å². The van der Waals surface area contributed by atoms with Crippen LogP contribution in [-0.2, 0) is 5.75 Å². The van der Waals surface area contributed by atoms with E-state index in [9.17, 15) is 9.18 Å². The molecule has 1 aromatic carbocycles. The number of anilines is 1. The standard InChI is InChI=1S/C13H15FN4O2S/c1-7(2)18-12(15)16-17-13(18)21-6-8-3-4-9(11(19)20)10(14)5-8/h3-5,7H,6H2,1-2H3,(H2,15,16)(H,19,20). The lowest BCUT2D eigenvalue weighted by Gasteiger charge is -2.11. The van der Waals surface area contributed by atoms with Crippen molar-refractivity contribution in [1.82, 2.24) is 14.8 Å². The third-order valence-electron chi connectivity index (χ3n) is 2.84. The minimum atomic E-state index is -1.28. The molecular weight excluding hydrogens is 295 g/mol. The zero-order chi connectivity index (χ0) is 15.6. The van der Waals surface area contributed by atoms with Crippen molar-refractivity contribution in [2.75, 3.05) is 5.73 Å². The van der Waals surface area contributed by atoms with E-state index in [0.717, 1.165) is 0 Å². The van der Waals surface area contributed by atoms with Crippen LogP contribution in [0.4, 0.5) is 10.3 Å². The molecule has 0 aliphatic heterocycles. The number of nitrogens with two attached hydrogens (primary N) is 1. The summed E-state index contributed by atoms with van der Waals surface area (Å²) in [7, 11) is 0. The Labute approximate surface area is 125 Å². The van der Waals surface area contributed by atoms with Gasteiger partial charge in [-0.1, -0.05) is 17.8 Å². The molecule has 0 bridgehead atoms. The van der Waals surface area contributed by atoms with Gasteiger partial charge >= 0.3 is 5.97 Å². The van der Waals surface area contributed by atoms with Crippen LogP contribution in [0.2, 0.25) is 0 Å². The van der Waals surface area contributed by atoms with Gasteiger partial charge < -0.3 is 10.8 Å². The highest BCUT2D eigenvalue weighted by Gasteiger charge is 2.14. The lowest BCUT2D eigenvalue weighted by Crippen LogP contribution is -2.07. The first-order valence-electron chi connectivity index (χ1n) is 6.25. The van der Waals surface area contributed by atoms with Gasteiger partial charge in [0.15, 0.2) is 5.16 Å². The average Bonchev–Trinajstić information content (AvgIpc) is 2.77. The zero-order valence-corrected chi connectivity index (χ0v) is 12.4. The van der Waals surface area contributed by atoms with Crippen molar-refractivity contribution in [2.24, 2.45) is 0 Å². The third-order valence-corrected chi connectivity index (χ3v) is 3.85. The van der Waals surface area contributed by atoms with Gasteiger partial charge in [-0.3, -0.25) is 4.57 Å². The number of halogens is 1. The van der Waals surface area contributed by atoms with Gasteiger partial charge in [0.25, 0.3) is 0 Å². The van der Waals surface area contributed by atoms with Crippen molar-refractivity contribution in [2.45, 2.75) is 30.8 Å². The molecule has 1 aromatic heterocycles. The molecule has 6 nitrogen and oxygen atoms in total. The molecule has 0 amide bonds. The summed E-state index contributed by atoms with van der Waals surface area (Å²) < 4.78 is 15.4. The van der Waals surface area contributed by atoms with Crippen molar-refractivity contribution in [3.63, 3.8) is 0 Å². The fraction of sp³-hybridized carbons (Fsp3) is 0.308. The topological polar surface area (TPSA) is 94.0 Å². The Morgan fingerprint density at radius 2 is 2.19 bits per heavy atom. The van der Waals surface area contributed by atoms with Crippen LogP contribution in [0.15, 0.2) is 23.4 Å². The van der Waals surface area contributed by atoms with Gasteiger partial charge in [-0.25, -0.2) is 9.18 Å². The molecule has 0 saturated carbocycles. The van der Waals surface area contributed by atoms with Crippen LogP contribution in [0.3, 0.4) is 0 Å². The number of hydrogen-bond acceptors (Lipinski definition) is 5. The lowest BCUT2D eigenvalue weighted by atomic mass is 10.1. The summed E-state index contributed by atoms with van der Waals surface area (Å²) in [5, 5.41) is 17.2. The summed E-state index contributed by atoms with van der Waals surface area (Å²) in [5.41, 5.74) is 6.07. The minimum absolute atomic E-state index is 0.119. The molecule has 1 heterocycles. The van der Waals surface area contributed by atoms with E-state index in [0.29, 0.717) is 22.4 Å². The number of carboxylic acids is 1. The lowest BCUT2D eigenvalue weighted by molar-refractivity contribution is 0.0692. The number of benzene rings is 1. The number of nitrogens with zero attached hydrogens (tertiary/aromatic N) is 3. The molecule has 0 saturated heterocycles. The van der Waals surface area contributed by atoms with Gasteiger partial charge in [0.2, 0.25) is 5.95 Å². The minimum Gasteiger partial charge on any atom is -0.478 e. The van der Waals surface area contributed by atoms with Crippen LogP contribution < -0.4 is 5.73 Å². The molecule has 8 heteroatoms.